The van der Waals surface area contributed by atoms with Crippen LogP contribution in [0.3, 0.4) is 0 Å². The van der Waals surface area contributed by atoms with Crippen molar-refractivity contribution in [3.05, 3.63) is 62.1 Å². The molecule has 0 saturated carbocycles. The second-order valence-electron chi connectivity index (χ2n) is 10.9. The molecule has 7 heteroatoms. The molecule has 2 atom stereocenters. The minimum absolute atomic E-state index is 0.0852. The summed E-state index contributed by atoms with van der Waals surface area (Å²) in [5, 5.41) is 0. The molecule has 4 rings (SSSR count). The number of pyridine rings is 1. The molecule has 1 aromatic heterocycles. The van der Waals surface area contributed by atoms with E-state index in [4.69, 9.17) is 9.47 Å². The van der Waals surface area contributed by atoms with Crippen molar-refractivity contribution in [3.63, 3.8) is 0 Å². The van der Waals surface area contributed by atoms with Crippen molar-refractivity contribution in [1.82, 2.24) is 14.8 Å². The third-order valence-corrected chi connectivity index (χ3v) is 7.98. The minimum atomic E-state index is -0.783. The molecule has 1 aromatic carbocycles. The fourth-order valence-electron chi connectivity index (χ4n) is 5.86. The molecule has 1 N–H and O–H groups in total. The molecule has 37 heavy (non-hydrogen) atoms. The van der Waals surface area contributed by atoms with Gasteiger partial charge >= 0.3 is 0 Å². The summed E-state index contributed by atoms with van der Waals surface area (Å²) in [5.41, 5.74) is 5.43. The predicted molar refractivity (Wildman–Crippen MR) is 148 cm³/mol. The van der Waals surface area contributed by atoms with Crippen LogP contribution < -0.4 is 15.0 Å². The van der Waals surface area contributed by atoms with Crippen molar-refractivity contribution in [2.45, 2.75) is 85.1 Å². The lowest BCUT2D eigenvalue weighted by Gasteiger charge is -2.31. The highest BCUT2D eigenvalue weighted by Gasteiger charge is 2.42. The van der Waals surface area contributed by atoms with Gasteiger partial charge in [-0.25, -0.2) is 0 Å². The number of ether oxygens (including phenoxy) is 2. The van der Waals surface area contributed by atoms with Crippen molar-refractivity contribution >= 4 is 12.0 Å². The topological polar surface area (TPSA) is 74.9 Å². The third-order valence-electron chi connectivity index (χ3n) is 7.98. The zero-order valence-corrected chi connectivity index (χ0v) is 23.4. The summed E-state index contributed by atoms with van der Waals surface area (Å²) < 4.78 is 12.9. The van der Waals surface area contributed by atoms with E-state index in [9.17, 15) is 9.59 Å². The van der Waals surface area contributed by atoms with Crippen molar-refractivity contribution in [3.8, 4) is 11.5 Å². The summed E-state index contributed by atoms with van der Waals surface area (Å²) in [7, 11) is 4.24. The van der Waals surface area contributed by atoms with E-state index in [1.807, 2.05) is 33.8 Å². The number of fused-ring (bicyclic) bond motifs is 2. The number of amides is 1. The van der Waals surface area contributed by atoms with Gasteiger partial charge < -0.3 is 24.3 Å². The van der Waals surface area contributed by atoms with E-state index in [2.05, 4.69) is 37.5 Å². The van der Waals surface area contributed by atoms with E-state index < -0.39 is 5.79 Å². The Labute approximate surface area is 220 Å². The van der Waals surface area contributed by atoms with E-state index in [-0.39, 0.29) is 18.0 Å². The molecule has 0 spiro atoms. The highest BCUT2D eigenvalue weighted by molar-refractivity contribution is 6.01. The maximum atomic E-state index is 13.8. The highest BCUT2D eigenvalue weighted by Crippen LogP contribution is 2.50. The molecule has 0 saturated heterocycles. The standard InChI is InChI=1S/C30H41N3O4/c1-9-21(32(7)8)12-11-14-30(6)36-26-20(5)25-23(22(10-2)27(26)37-30)13-15-33(29(25)35)17-24-18(3)16-19(4)31-28(24)34/h10,16,21H,2,9,11-15,17H2,1,3-8H3,(H,31,34). The van der Waals surface area contributed by atoms with E-state index in [0.29, 0.717) is 41.6 Å². The number of carbonyl (C=O) groups excluding carboxylic acids is 1. The molecule has 2 aliphatic heterocycles. The number of hydrogen-bond donors (Lipinski definition) is 1. The molecular formula is C30H41N3O4. The van der Waals surface area contributed by atoms with Gasteiger partial charge in [-0.1, -0.05) is 19.6 Å². The molecule has 2 unspecified atom stereocenters. The minimum Gasteiger partial charge on any atom is -0.448 e. The van der Waals surface area contributed by atoms with Crippen LogP contribution in [-0.4, -0.2) is 53.2 Å². The van der Waals surface area contributed by atoms with Gasteiger partial charge in [-0.3, -0.25) is 9.59 Å². The molecule has 200 valence electrons. The number of aromatic amines is 1. The van der Waals surface area contributed by atoms with Crippen molar-refractivity contribution < 1.29 is 14.3 Å². The summed E-state index contributed by atoms with van der Waals surface area (Å²) in [6.45, 7) is 14.8. The number of nitrogens with zero attached hydrogens (tertiary/aromatic N) is 2. The first-order chi connectivity index (χ1) is 17.5. The van der Waals surface area contributed by atoms with Gasteiger partial charge in [0.2, 0.25) is 5.79 Å². The van der Waals surface area contributed by atoms with E-state index in [1.165, 1.54) is 0 Å². The smallest absolute Gasteiger partial charge is 0.254 e. The van der Waals surface area contributed by atoms with Gasteiger partial charge in [-0.2, -0.15) is 0 Å². The molecule has 2 aliphatic rings. The second kappa shape index (κ2) is 10.4. The number of aryl methyl sites for hydroxylation is 2. The van der Waals surface area contributed by atoms with Crippen molar-refractivity contribution in [2.75, 3.05) is 20.6 Å². The second-order valence-corrected chi connectivity index (χ2v) is 10.9. The van der Waals surface area contributed by atoms with Crippen molar-refractivity contribution in [2.24, 2.45) is 0 Å². The number of hydrogen-bond acceptors (Lipinski definition) is 5. The zero-order valence-electron chi connectivity index (χ0n) is 23.4. The largest absolute Gasteiger partial charge is 0.448 e. The van der Waals surface area contributed by atoms with Gasteiger partial charge in [0, 0.05) is 48.3 Å². The maximum absolute atomic E-state index is 13.8. The van der Waals surface area contributed by atoms with Crippen LogP contribution in [0.15, 0.2) is 17.4 Å². The first-order valence-electron chi connectivity index (χ1n) is 13.3. The lowest BCUT2D eigenvalue weighted by molar-refractivity contribution is -0.0707. The molecule has 7 nitrogen and oxygen atoms in total. The van der Waals surface area contributed by atoms with Gasteiger partial charge in [0.05, 0.1) is 12.1 Å². The number of H-pyrrole nitrogens is 1. The van der Waals surface area contributed by atoms with E-state index >= 15 is 0 Å². The number of nitrogens with one attached hydrogen (secondary N) is 1. The first kappa shape index (κ1) is 27.0. The zero-order chi connectivity index (χ0) is 27.1. The van der Waals surface area contributed by atoms with Crippen LogP contribution in [0.25, 0.3) is 6.08 Å². The van der Waals surface area contributed by atoms with Crippen molar-refractivity contribution in [1.29, 1.82) is 0 Å². The SMILES string of the molecule is C=Cc1c2c(c(C)c3c1OC(C)(CCCC(CC)N(C)C)O3)C(=O)N(Cc1c(C)cc(C)[nH]c1=O)CC2. The molecular weight excluding hydrogens is 466 g/mol. The van der Waals surface area contributed by atoms with E-state index in [0.717, 1.165) is 53.6 Å². The Morgan fingerprint density at radius 2 is 1.92 bits per heavy atom. The predicted octanol–water partition coefficient (Wildman–Crippen LogP) is 5.14. The quantitative estimate of drug-likeness (QED) is 0.509. The Balaban J connectivity index is 1.61. The number of carbonyl (C=O) groups is 1. The number of rotatable bonds is 9. The normalized spacial score (nSPS) is 19.4. The Hall–Kier alpha value is -3.06. The third kappa shape index (κ3) is 5.06. The van der Waals surface area contributed by atoms with Crippen LogP contribution in [-0.2, 0) is 13.0 Å². The van der Waals surface area contributed by atoms with Crippen LogP contribution >= 0.6 is 0 Å². The number of aromatic nitrogens is 1. The average molecular weight is 508 g/mol. The Morgan fingerprint density at radius 3 is 2.54 bits per heavy atom. The molecule has 2 aromatic rings. The average Bonchev–Trinajstić information content (AvgIpc) is 3.18. The van der Waals surface area contributed by atoms with Gasteiger partial charge in [0.15, 0.2) is 11.5 Å². The summed E-state index contributed by atoms with van der Waals surface area (Å²) >= 11 is 0. The van der Waals surface area contributed by atoms with Gasteiger partial charge in [-0.05, 0) is 77.7 Å². The van der Waals surface area contributed by atoms with Crippen LogP contribution in [0, 0.1) is 20.8 Å². The number of benzene rings is 1. The van der Waals surface area contributed by atoms with Crippen LogP contribution in [0.4, 0.5) is 0 Å². The van der Waals surface area contributed by atoms with Gasteiger partial charge in [0.1, 0.15) is 0 Å². The highest BCUT2D eigenvalue weighted by atomic mass is 16.7. The summed E-state index contributed by atoms with van der Waals surface area (Å²) in [5.74, 6) is 0.461. The van der Waals surface area contributed by atoms with E-state index in [1.54, 1.807) is 11.0 Å². The Bertz CT molecular complexity index is 1280. The molecule has 3 heterocycles. The summed E-state index contributed by atoms with van der Waals surface area (Å²) in [6.07, 6.45) is 6.34. The first-order valence-corrected chi connectivity index (χ1v) is 13.3. The van der Waals surface area contributed by atoms with Gasteiger partial charge in [-0.15, -0.1) is 0 Å². The monoisotopic (exact) mass is 507 g/mol. The lowest BCUT2D eigenvalue weighted by atomic mass is 9.88. The molecule has 1 amide bonds. The molecule has 0 bridgehead atoms. The fraction of sp³-hybridized carbons (Fsp3) is 0.533. The van der Waals surface area contributed by atoms with Crippen LogP contribution in [0.5, 0.6) is 11.5 Å². The Morgan fingerprint density at radius 1 is 1.22 bits per heavy atom. The Kier molecular flexibility index (Phi) is 7.56. The van der Waals surface area contributed by atoms with Crippen LogP contribution in [0.1, 0.15) is 83.4 Å². The molecule has 0 radical (unpaired) electrons. The lowest BCUT2D eigenvalue weighted by Crippen LogP contribution is -2.39. The fourth-order valence-corrected chi connectivity index (χ4v) is 5.86. The molecule has 0 aliphatic carbocycles. The van der Waals surface area contributed by atoms with Gasteiger partial charge in [0.25, 0.3) is 11.5 Å². The van der Waals surface area contributed by atoms with Crippen LogP contribution in [0.2, 0.25) is 0 Å². The summed E-state index contributed by atoms with van der Waals surface area (Å²) in [6, 6.07) is 2.47. The summed E-state index contributed by atoms with van der Waals surface area (Å²) in [4.78, 5) is 33.3. The molecule has 0 fully saturated rings. The maximum Gasteiger partial charge on any atom is 0.254 e.